The molecule has 1 saturated heterocycles. The van der Waals surface area contributed by atoms with E-state index in [1.54, 1.807) is 0 Å². The molecule has 0 saturated carbocycles. The van der Waals surface area contributed by atoms with Crippen LogP contribution in [0.5, 0.6) is 0 Å². The lowest BCUT2D eigenvalue weighted by Gasteiger charge is -2.36. The van der Waals surface area contributed by atoms with Crippen LogP contribution in [0.2, 0.25) is 0 Å². The van der Waals surface area contributed by atoms with Crippen LogP contribution in [0.3, 0.4) is 0 Å². The molecule has 0 radical (unpaired) electrons. The first-order chi connectivity index (χ1) is 10.1. The minimum atomic E-state index is 0.434. The van der Waals surface area contributed by atoms with Crippen molar-refractivity contribution in [3.63, 3.8) is 0 Å². The first-order valence-electron chi connectivity index (χ1n) is 8.21. The molecule has 2 atom stereocenters. The average Bonchev–Trinajstić information content (AvgIpc) is 2.47. The molecule has 1 aromatic carbocycles. The smallest absolute Gasteiger partial charge is 0.0622 e. The van der Waals surface area contributed by atoms with Crippen molar-refractivity contribution >= 4 is 0 Å². The van der Waals surface area contributed by atoms with Gasteiger partial charge in [0.05, 0.1) is 13.2 Å². The summed E-state index contributed by atoms with van der Waals surface area (Å²) in [6.45, 7) is 10.6. The number of hydrogen-bond acceptors (Lipinski definition) is 3. The van der Waals surface area contributed by atoms with Crippen molar-refractivity contribution in [3.8, 4) is 0 Å². The van der Waals surface area contributed by atoms with Gasteiger partial charge in [0.1, 0.15) is 0 Å². The summed E-state index contributed by atoms with van der Waals surface area (Å²) in [6.07, 6.45) is 2.32. The van der Waals surface area contributed by atoms with Gasteiger partial charge in [0.2, 0.25) is 0 Å². The molecule has 0 aliphatic carbocycles. The Hall–Kier alpha value is -0.900. The van der Waals surface area contributed by atoms with Crippen LogP contribution in [0.25, 0.3) is 0 Å². The minimum absolute atomic E-state index is 0.434. The molecule has 1 N–H and O–H groups in total. The van der Waals surface area contributed by atoms with Gasteiger partial charge in [-0.1, -0.05) is 36.2 Å². The number of aryl methyl sites for hydroxylation is 2. The van der Waals surface area contributed by atoms with Gasteiger partial charge >= 0.3 is 0 Å². The van der Waals surface area contributed by atoms with Gasteiger partial charge in [-0.15, -0.1) is 0 Å². The zero-order chi connectivity index (χ0) is 15.2. The Kier molecular flexibility index (Phi) is 6.22. The van der Waals surface area contributed by atoms with Crippen molar-refractivity contribution in [2.24, 2.45) is 0 Å². The number of hydrogen-bond donors (Lipinski definition) is 1. The lowest BCUT2D eigenvalue weighted by Crippen LogP contribution is -2.46. The van der Waals surface area contributed by atoms with Crippen LogP contribution in [-0.2, 0) is 4.74 Å². The molecular weight excluding hydrogens is 260 g/mol. The van der Waals surface area contributed by atoms with Gasteiger partial charge < -0.3 is 10.1 Å². The molecule has 118 valence electrons. The number of rotatable bonds is 6. The Bertz CT molecular complexity index is 427. The van der Waals surface area contributed by atoms with Crippen LogP contribution < -0.4 is 5.32 Å². The van der Waals surface area contributed by atoms with E-state index in [9.17, 15) is 0 Å². The van der Waals surface area contributed by atoms with E-state index in [0.717, 1.165) is 32.7 Å². The van der Waals surface area contributed by atoms with E-state index in [2.05, 4.69) is 56.2 Å². The second kappa shape index (κ2) is 7.92. The quantitative estimate of drug-likeness (QED) is 0.871. The van der Waals surface area contributed by atoms with E-state index in [4.69, 9.17) is 4.74 Å². The monoisotopic (exact) mass is 290 g/mol. The Morgan fingerprint density at radius 3 is 2.62 bits per heavy atom. The summed E-state index contributed by atoms with van der Waals surface area (Å²) in [6, 6.07) is 7.89. The van der Waals surface area contributed by atoms with Crippen molar-refractivity contribution in [1.82, 2.24) is 10.2 Å². The molecule has 1 aliphatic rings. The third-order valence-electron chi connectivity index (χ3n) is 4.52. The molecule has 2 unspecified atom stereocenters. The van der Waals surface area contributed by atoms with Crippen LogP contribution in [0.15, 0.2) is 18.2 Å². The van der Waals surface area contributed by atoms with Crippen molar-refractivity contribution in [3.05, 3.63) is 34.9 Å². The molecule has 1 fully saturated rings. The van der Waals surface area contributed by atoms with Crippen LogP contribution >= 0.6 is 0 Å². The molecule has 1 aromatic rings. The van der Waals surface area contributed by atoms with Crippen LogP contribution in [0, 0.1) is 13.8 Å². The summed E-state index contributed by atoms with van der Waals surface area (Å²) >= 11 is 0. The van der Waals surface area contributed by atoms with Crippen molar-refractivity contribution in [2.75, 3.05) is 33.4 Å². The Morgan fingerprint density at radius 1 is 1.29 bits per heavy atom. The molecule has 2 rings (SSSR count). The second-order valence-corrected chi connectivity index (χ2v) is 6.22. The van der Waals surface area contributed by atoms with Gasteiger partial charge in [-0.25, -0.2) is 0 Å². The fourth-order valence-corrected chi connectivity index (χ4v) is 3.34. The Labute approximate surface area is 129 Å². The lowest BCUT2D eigenvalue weighted by molar-refractivity contribution is -0.00997. The van der Waals surface area contributed by atoms with Gasteiger partial charge in [-0.3, -0.25) is 4.90 Å². The van der Waals surface area contributed by atoms with E-state index in [-0.39, 0.29) is 0 Å². The molecule has 1 heterocycles. The molecule has 0 spiro atoms. The standard InChI is InChI=1S/C18H30N2O/c1-5-17-13-21-9-8-20(17)7-6-18(19-4)16-11-14(2)10-15(3)12-16/h10-12,17-19H,5-9,13H2,1-4H3. The maximum Gasteiger partial charge on any atom is 0.0622 e. The number of benzene rings is 1. The third-order valence-corrected chi connectivity index (χ3v) is 4.52. The Morgan fingerprint density at radius 2 is 2.00 bits per heavy atom. The molecule has 0 aromatic heterocycles. The molecule has 21 heavy (non-hydrogen) atoms. The van der Waals surface area contributed by atoms with Crippen LogP contribution in [0.4, 0.5) is 0 Å². The van der Waals surface area contributed by atoms with Crippen LogP contribution in [-0.4, -0.2) is 44.3 Å². The van der Waals surface area contributed by atoms with Crippen molar-refractivity contribution in [2.45, 2.75) is 45.7 Å². The van der Waals surface area contributed by atoms with E-state index >= 15 is 0 Å². The Balaban J connectivity index is 1.98. The maximum absolute atomic E-state index is 5.60. The molecule has 3 heteroatoms. The predicted octanol–water partition coefficient (Wildman–Crippen LogP) is 3.06. The normalized spacial score (nSPS) is 21.4. The molecule has 3 nitrogen and oxygen atoms in total. The molecule has 0 amide bonds. The summed E-state index contributed by atoms with van der Waals surface area (Å²) in [7, 11) is 2.07. The van der Waals surface area contributed by atoms with Gasteiger partial charge in [-0.2, -0.15) is 0 Å². The van der Waals surface area contributed by atoms with E-state index in [1.165, 1.54) is 23.1 Å². The largest absolute Gasteiger partial charge is 0.378 e. The fraction of sp³-hybridized carbons (Fsp3) is 0.667. The average molecular weight is 290 g/mol. The number of nitrogens with one attached hydrogen (secondary N) is 1. The third kappa shape index (κ3) is 4.53. The van der Waals surface area contributed by atoms with E-state index in [0.29, 0.717) is 12.1 Å². The van der Waals surface area contributed by atoms with Gasteiger partial charge in [0.15, 0.2) is 0 Å². The van der Waals surface area contributed by atoms with E-state index in [1.807, 2.05) is 0 Å². The van der Waals surface area contributed by atoms with Crippen molar-refractivity contribution in [1.29, 1.82) is 0 Å². The highest BCUT2D eigenvalue weighted by molar-refractivity contribution is 5.30. The summed E-state index contributed by atoms with van der Waals surface area (Å²) in [4.78, 5) is 2.59. The molecule has 0 bridgehead atoms. The SMILES string of the molecule is CCC1COCCN1CCC(NC)c1cc(C)cc(C)c1. The topological polar surface area (TPSA) is 24.5 Å². The molecule has 1 aliphatic heterocycles. The highest BCUT2D eigenvalue weighted by Gasteiger charge is 2.22. The zero-order valence-electron chi connectivity index (χ0n) is 14.0. The summed E-state index contributed by atoms with van der Waals surface area (Å²) in [5.41, 5.74) is 4.11. The highest BCUT2D eigenvalue weighted by Crippen LogP contribution is 2.21. The highest BCUT2D eigenvalue weighted by atomic mass is 16.5. The number of nitrogens with zero attached hydrogens (tertiary/aromatic N) is 1. The lowest BCUT2D eigenvalue weighted by atomic mass is 9.98. The van der Waals surface area contributed by atoms with Crippen molar-refractivity contribution < 1.29 is 4.74 Å². The minimum Gasteiger partial charge on any atom is -0.378 e. The predicted molar refractivity (Wildman–Crippen MR) is 88.8 cm³/mol. The molecular formula is C18H30N2O. The van der Waals surface area contributed by atoms with Gasteiger partial charge in [0, 0.05) is 25.2 Å². The van der Waals surface area contributed by atoms with E-state index < -0.39 is 0 Å². The van der Waals surface area contributed by atoms with Gasteiger partial charge in [-0.05, 0) is 39.3 Å². The number of ether oxygens (including phenoxy) is 1. The first kappa shape index (κ1) is 16.5. The fourth-order valence-electron chi connectivity index (χ4n) is 3.34. The first-order valence-corrected chi connectivity index (χ1v) is 8.21. The second-order valence-electron chi connectivity index (χ2n) is 6.22. The number of morpholine rings is 1. The summed E-state index contributed by atoms with van der Waals surface area (Å²) in [5, 5.41) is 3.49. The van der Waals surface area contributed by atoms with Gasteiger partial charge in [0.25, 0.3) is 0 Å². The summed E-state index contributed by atoms with van der Waals surface area (Å²) in [5.74, 6) is 0. The summed E-state index contributed by atoms with van der Waals surface area (Å²) < 4.78 is 5.60. The maximum atomic E-state index is 5.60. The zero-order valence-corrected chi connectivity index (χ0v) is 14.0. The van der Waals surface area contributed by atoms with Crippen LogP contribution in [0.1, 0.15) is 42.5 Å².